The molecule has 0 radical (unpaired) electrons. The fraction of sp³-hybridized carbons (Fsp3) is 0.174. The SMILES string of the molecule is CCN1C(=O)C(=CC=C2Sc3ccc(-c4nc5ccccc5s4)cc3N2CC)SC1=S. The van der Waals surface area contributed by atoms with Crippen LogP contribution in [0.25, 0.3) is 20.8 Å². The maximum Gasteiger partial charge on any atom is 0.266 e. The van der Waals surface area contributed by atoms with Crippen molar-refractivity contribution >= 4 is 73.2 Å². The normalized spacial score (nSPS) is 18.8. The lowest BCUT2D eigenvalue weighted by atomic mass is 10.2. The third-order valence-electron chi connectivity index (χ3n) is 5.15. The first kappa shape index (κ1) is 20.8. The van der Waals surface area contributed by atoms with Crippen molar-refractivity contribution in [2.75, 3.05) is 18.0 Å². The standard InChI is InChI=1S/C23H19N3OS4/c1-3-25-16-13-14(21-24-15-7-5-6-8-17(15)30-21)9-10-18(16)29-20(25)12-11-19-22(27)26(4-2)23(28)31-19/h5-13H,3-4H2,1-2H3. The number of thiocarbonyl (C=S) groups is 1. The van der Waals surface area contributed by atoms with Gasteiger partial charge < -0.3 is 4.90 Å². The summed E-state index contributed by atoms with van der Waals surface area (Å²) in [4.78, 5) is 23.1. The van der Waals surface area contributed by atoms with E-state index in [1.165, 1.54) is 27.0 Å². The van der Waals surface area contributed by atoms with E-state index in [0.717, 1.165) is 27.7 Å². The van der Waals surface area contributed by atoms with Crippen LogP contribution in [-0.2, 0) is 4.79 Å². The van der Waals surface area contributed by atoms with Crippen molar-refractivity contribution in [3.05, 3.63) is 64.6 Å². The van der Waals surface area contributed by atoms with E-state index in [1.54, 1.807) is 28.0 Å². The van der Waals surface area contributed by atoms with E-state index in [9.17, 15) is 4.79 Å². The van der Waals surface area contributed by atoms with Crippen LogP contribution in [0, 0.1) is 0 Å². The molecule has 0 unspecified atom stereocenters. The molecule has 8 heteroatoms. The Kier molecular flexibility index (Phi) is 5.64. The smallest absolute Gasteiger partial charge is 0.266 e. The molecule has 3 aromatic rings. The van der Waals surface area contributed by atoms with Gasteiger partial charge in [0.15, 0.2) is 0 Å². The molecule has 0 aliphatic carbocycles. The Morgan fingerprint density at radius 2 is 1.84 bits per heavy atom. The Hall–Kier alpha value is -2.13. The molecule has 0 spiro atoms. The summed E-state index contributed by atoms with van der Waals surface area (Å²) in [5, 5.41) is 2.14. The number of anilines is 1. The number of aromatic nitrogens is 1. The van der Waals surface area contributed by atoms with Crippen molar-refractivity contribution in [2.24, 2.45) is 0 Å². The predicted molar refractivity (Wildman–Crippen MR) is 138 cm³/mol. The van der Waals surface area contributed by atoms with Crippen LogP contribution in [0.2, 0.25) is 0 Å². The topological polar surface area (TPSA) is 36.4 Å². The Labute approximate surface area is 199 Å². The molecule has 0 atom stereocenters. The fourth-order valence-electron chi connectivity index (χ4n) is 3.61. The first-order chi connectivity index (χ1) is 15.1. The molecule has 0 N–H and O–H groups in total. The van der Waals surface area contributed by atoms with E-state index >= 15 is 0 Å². The minimum atomic E-state index is -0.00367. The number of thioether (sulfide) groups is 2. The van der Waals surface area contributed by atoms with Gasteiger partial charge in [0, 0.05) is 23.5 Å². The number of para-hydroxylation sites is 1. The van der Waals surface area contributed by atoms with Gasteiger partial charge in [0.2, 0.25) is 0 Å². The number of carbonyl (C=O) groups is 1. The first-order valence-electron chi connectivity index (χ1n) is 10.00. The number of benzene rings is 2. The van der Waals surface area contributed by atoms with Gasteiger partial charge in [-0.3, -0.25) is 9.69 Å². The fourth-order valence-corrected chi connectivity index (χ4v) is 7.01. The predicted octanol–water partition coefficient (Wildman–Crippen LogP) is 6.50. The van der Waals surface area contributed by atoms with Crippen molar-refractivity contribution in [1.29, 1.82) is 0 Å². The second-order valence-electron chi connectivity index (χ2n) is 6.97. The highest BCUT2D eigenvalue weighted by molar-refractivity contribution is 8.26. The second-order valence-corrected chi connectivity index (χ2v) is 10.7. The monoisotopic (exact) mass is 481 g/mol. The summed E-state index contributed by atoms with van der Waals surface area (Å²) in [6, 6.07) is 14.8. The van der Waals surface area contributed by atoms with E-state index < -0.39 is 0 Å². The Morgan fingerprint density at radius 1 is 1.03 bits per heavy atom. The van der Waals surface area contributed by atoms with Gasteiger partial charge in [0.05, 0.1) is 25.8 Å². The van der Waals surface area contributed by atoms with E-state index in [1.807, 2.05) is 31.2 Å². The minimum absolute atomic E-state index is 0.00367. The molecule has 0 saturated carbocycles. The van der Waals surface area contributed by atoms with Gasteiger partial charge in [-0.2, -0.15) is 0 Å². The maximum absolute atomic E-state index is 12.5. The average molecular weight is 482 g/mol. The number of rotatable bonds is 4. The second kappa shape index (κ2) is 8.43. The molecule has 2 aliphatic heterocycles. The number of fused-ring (bicyclic) bond motifs is 2. The molecule has 2 aromatic carbocycles. The number of hydrogen-bond donors (Lipinski definition) is 0. The largest absolute Gasteiger partial charge is 0.335 e. The number of thiazole rings is 1. The van der Waals surface area contributed by atoms with Crippen LogP contribution in [0.5, 0.6) is 0 Å². The zero-order valence-corrected chi connectivity index (χ0v) is 20.3. The third kappa shape index (κ3) is 3.71. The lowest BCUT2D eigenvalue weighted by molar-refractivity contribution is -0.122. The zero-order chi connectivity index (χ0) is 21.5. The highest BCUT2D eigenvalue weighted by Gasteiger charge is 2.31. The molecule has 1 aromatic heterocycles. The first-order valence-corrected chi connectivity index (χ1v) is 12.9. The summed E-state index contributed by atoms with van der Waals surface area (Å²) >= 11 is 10.1. The lowest BCUT2D eigenvalue weighted by Crippen LogP contribution is -2.27. The highest BCUT2D eigenvalue weighted by atomic mass is 32.2. The van der Waals surface area contributed by atoms with Gasteiger partial charge in [0.25, 0.3) is 5.91 Å². The Balaban J connectivity index is 1.46. The quantitative estimate of drug-likeness (QED) is 0.313. The van der Waals surface area contributed by atoms with Crippen LogP contribution in [-0.4, -0.2) is 33.2 Å². The van der Waals surface area contributed by atoms with Gasteiger partial charge in [-0.05, 0) is 50.3 Å². The number of allylic oxidation sites excluding steroid dienone is 2. The molecular formula is C23H19N3OS4. The third-order valence-corrected chi connectivity index (χ3v) is 8.77. The van der Waals surface area contributed by atoms with Crippen molar-refractivity contribution in [2.45, 2.75) is 18.7 Å². The summed E-state index contributed by atoms with van der Waals surface area (Å²) in [5.41, 5.74) is 3.35. The van der Waals surface area contributed by atoms with Crippen LogP contribution < -0.4 is 4.90 Å². The van der Waals surface area contributed by atoms with Crippen molar-refractivity contribution in [3.63, 3.8) is 0 Å². The van der Waals surface area contributed by atoms with Crippen molar-refractivity contribution in [1.82, 2.24) is 9.88 Å². The highest BCUT2D eigenvalue weighted by Crippen LogP contribution is 2.48. The molecule has 5 rings (SSSR count). The maximum atomic E-state index is 12.5. The van der Waals surface area contributed by atoms with Crippen LogP contribution in [0.15, 0.2) is 69.4 Å². The molecule has 1 fully saturated rings. The van der Waals surface area contributed by atoms with Gasteiger partial charge >= 0.3 is 0 Å². The zero-order valence-electron chi connectivity index (χ0n) is 17.0. The Bertz CT molecular complexity index is 1240. The summed E-state index contributed by atoms with van der Waals surface area (Å²) < 4.78 is 1.83. The molecule has 3 heterocycles. The number of nitrogens with zero attached hydrogens (tertiary/aromatic N) is 3. The van der Waals surface area contributed by atoms with Crippen molar-refractivity contribution in [3.8, 4) is 10.6 Å². The van der Waals surface area contributed by atoms with Crippen LogP contribution in [0.3, 0.4) is 0 Å². The molecule has 4 nitrogen and oxygen atoms in total. The van der Waals surface area contributed by atoms with Gasteiger partial charge in [0.1, 0.15) is 9.33 Å². The number of carbonyl (C=O) groups excluding carboxylic acids is 1. The molecule has 1 amide bonds. The molecular weight excluding hydrogens is 463 g/mol. The molecule has 1 saturated heterocycles. The molecule has 0 bridgehead atoms. The van der Waals surface area contributed by atoms with Crippen LogP contribution in [0.1, 0.15) is 13.8 Å². The number of hydrogen-bond acceptors (Lipinski definition) is 7. The summed E-state index contributed by atoms with van der Waals surface area (Å²) in [7, 11) is 0. The van der Waals surface area contributed by atoms with Crippen molar-refractivity contribution < 1.29 is 4.79 Å². The van der Waals surface area contributed by atoms with E-state index in [2.05, 4.69) is 42.2 Å². The van der Waals surface area contributed by atoms with E-state index in [0.29, 0.717) is 15.8 Å². The lowest BCUT2D eigenvalue weighted by Gasteiger charge is -2.18. The number of amides is 1. The average Bonchev–Trinajstić information content (AvgIpc) is 3.44. The van der Waals surface area contributed by atoms with E-state index in [-0.39, 0.29) is 5.91 Å². The minimum Gasteiger partial charge on any atom is -0.335 e. The summed E-state index contributed by atoms with van der Waals surface area (Å²) in [6.45, 7) is 5.54. The van der Waals surface area contributed by atoms with Crippen LogP contribution >= 0.6 is 47.1 Å². The number of likely N-dealkylation sites (N-methyl/N-ethyl adjacent to an activating group) is 1. The van der Waals surface area contributed by atoms with Crippen LogP contribution in [0.4, 0.5) is 5.69 Å². The molecule has 31 heavy (non-hydrogen) atoms. The van der Waals surface area contributed by atoms with Gasteiger partial charge in [-0.25, -0.2) is 4.98 Å². The molecule has 156 valence electrons. The van der Waals surface area contributed by atoms with Gasteiger partial charge in [-0.1, -0.05) is 53.9 Å². The summed E-state index contributed by atoms with van der Waals surface area (Å²) in [5.74, 6) is -0.00367. The molecule has 2 aliphatic rings. The summed E-state index contributed by atoms with van der Waals surface area (Å²) in [6.07, 6.45) is 3.94. The van der Waals surface area contributed by atoms with E-state index in [4.69, 9.17) is 17.2 Å². The van der Waals surface area contributed by atoms with Gasteiger partial charge in [-0.15, -0.1) is 11.3 Å². The Morgan fingerprint density at radius 3 is 2.58 bits per heavy atom.